The minimum atomic E-state index is -0.346. The molecular weight excluding hydrogens is 462 g/mol. The summed E-state index contributed by atoms with van der Waals surface area (Å²) in [5.74, 6) is 7.42. The van der Waals surface area contributed by atoms with E-state index in [1.807, 2.05) is 32.2 Å². The van der Waals surface area contributed by atoms with Crippen LogP contribution in [0.4, 0.5) is 0 Å². The summed E-state index contributed by atoms with van der Waals surface area (Å²) in [6.07, 6.45) is 1.37. The van der Waals surface area contributed by atoms with Crippen molar-refractivity contribution >= 4 is 5.91 Å². The second-order valence-electron chi connectivity index (χ2n) is 9.32. The summed E-state index contributed by atoms with van der Waals surface area (Å²) in [6, 6.07) is 7.30. The number of aromatic nitrogens is 1. The van der Waals surface area contributed by atoms with Crippen molar-refractivity contribution in [2.24, 2.45) is 5.92 Å². The fraction of sp³-hybridized carbons (Fsp3) is 0.481. The Morgan fingerprint density at radius 2 is 2.11 bits per heavy atom. The molecule has 1 N–H and O–H groups in total. The number of ether oxygens (including phenoxy) is 4. The molecule has 4 rings (SSSR count). The molecule has 0 saturated carbocycles. The van der Waals surface area contributed by atoms with Gasteiger partial charge in [0.05, 0.1) is 12.6 Å². The van der Waals surface area contributed by atoms with Crippen LogP contribution in [0.2, 0.25) is 0 Å². The lowest BCUT2D eigenvalue weighted by Gasteiger charge is -2.37. The van der Waals surface area contributed by atoms with Crippen molar-refractivity contribution in [2.75, 3.05) is 47.3 Å². The Morgan fingerprint density at radius 1 is 1.31 bits per heavy atom. The summed E-state index contributed by atoms with van der Waals surface area (Å²) in [6.45, 7) is 6.03. The SMILES string of the molecule is COCC#Cc1cnc2c(c1)C(=O)N([C@H](C)CO)C[C@@H](C)[C@H](CN(C)Cc1ccc3c(c1)OCO3)O2. The molecule has 2 aliphatic rings. The van der Waals surface area contributed by atoms with Crippen LogP contribution in [-0.2, 0) is 11.3 Å². The molecule has 36 heavy (non-hydrogen) atoms. The fourth-order valence-electron chi connectivity index (χ4n) is 4.32. The summed E-state index contributed by atoms with van der Waals surface area (Å²) >= 11 is 0. The average Bonchev–Trinajstić information content (AvgIpc) is 3.34. The normalized spacial score (nSPS) is 19.6. The van der Waals surface area contributed by atoms with E-state index in [2.05, 4.69) is 28.6 Å². The largest absolute Gasteiger partial charge is 0.472 e. The smallest absolute Gasteiger partial charge is 0.259 e. The lowest BCUT2D eigenvalue weighted by molar-refractivity contribution is 0.0325. The molecule has 2 aromatic rings. The van der Waals surface area contributed by atoms with Gasteiger partial charge in [0.1, 0.15) is 18.3 Å². The first kappa shape index (κ1) is 25.8. The summed E-state index contributed by atoms with van der Waals surface area (Å²) in [7, 11) is 3.60. The zero-order valence-electron chi connectivity index (χ0n) is 21.2. The second kappa shape index (κ2) is 11.6. The molecule has 3 heterocycles. The van der Waals surface area contributed by atoms with E-state index in [0.29, 0.717) is 30.8 Å². The molecule has 0 fully saturated rings. The topological polar surface area (TPSA) is 93.6 Å². The van der Waals surface area contributed by atoms with Crippen LogP contribution in [0.15, 0.2) is 30.5 Å². The van der Waals surface area contributed by atoms with Gasteiger partial charge in [0, 0.05) is 44.4 Å². The van der Waals surface area contributed by atoms with Crippen molar-refractivity contribution in [1.82, 2.24) is 14.8 Å². The average molecular weight is 496 g/mol. The van der Waals surface area contributed by atoms with Crippen LogP contribution in [0.3, 0.4) is 0 Å². The molecule has 9 nitrogen and oxygen atoms in total. The molecule has 3 atom stereocenters. The van der Waals surface area contributed by atoms with Crippen LogP contribution in [-0.4, -0.2) is 85.2 Å². The van der Waals surface area contributed by atoms with Crippen molar-refractivity contribution in [2.45, 2.75) is 32.5 Å². The molecular formula is C27H33N3O6. The first-order valence-corrected chi connectivity index (χ1v) is 12.0. The van der Waals surface area contributed by atoms with Gasteiger partial charge >= 0.3 is 0 Å². The number of methoxy groups -OCH3 is 1. The number of rotatable bonds is 7. The third-order valence-corrected chi connectivity index (χ3v) is 6.35. The molecule has 9 heteroatoms. The van der Waals surface area contributed by atoms with Gasteiger partial charge in [-0.25, -0.2) is 4.98 Å². The predicted octanol–water partition coefficient (Wildman–Crippen LogP) is 2.16. The van der Waals surface area contributed by atoms with E-state index in [-0.39, 0.29) is 49.9 Å². The number of carbonyl (C=O) groups excluding carboxylic acids is 1. The molecule has 1 aromatic heterocycles. The number of aliphatic hydroxyl groups is 1. The minimum Gasteiger partial charge on any atom is -0.472 e. The van der Waals surface area contributed by atoms with Gasteiger partial charge in [-0.3, -0.25) is 9.69 Å². The van der Waals surface area contributed by atoms with E-state index >= 15 is 0 Å². The van der Waals surface area contributed by atoms with Crippen molar-refractivity contribution in [3.63, 3.8) is 0 Å². The highest BCUT2D eigenvalue weighted by Crippen LogP contribution is 2.33. The number of nitrogens with zero attached hydrogens (tertiary/aromatic N) is 3. The van der Waals surface area contributed by atoms with E-state index in [9.17, 15) is 9.90 Å². The first-order chi connectivity index (χ1) is 17.4. The maximum absolute atomic E-state index is 13.5. The van der Waals surface area contributed by atoms with Crippen molar-refractivity contribution < 1.29 is 28.8 Å². The maximum Gasteiger partial charge on any atom is 0.259 e. The van der Waals surface area contributed by atoms with Gasteiger partial charge in [-0.05, 0) is 37.7 Å². The van der Waals surface area contributed by atoms with E-state index in [0.717, 1.165) is 17.1 Å². The van der Waals surface area contributed by atoms with E-state index in [4.69, 9.17) is 18.9 Å². The van der Waals surface area contributed by atoms with Gasteiger partial charge in [-0.15, -0.1) is 0 Å². The van der Waals surface area contributed by atoms with E-state index in [1.165, 1.54) is 0 Å². The van der Waals surface area contributed by atoms with Gasteiger partial charge in [-0.2, -0.15) is 0 Å². The third kappa shape index (κ3) is 5.90. The number of hydrogen-bond donors (Lipinski definition) is 1. The van der Waals surface area contributed by atoms with Gasteiger partial charge in [-0.1, -0.05) is 24.8 Å². The molecule has 0 radical (unpaired) electrons. The summed E-state index contributed by atoms with van der Waals surface area (Å²) < 4.78 is 22.3. The quantitative estimate of drug-likeness (QED) is 0.585. The standard InChI is InChI=1S/C27H33N3O6/c1-18-13-30(19(2)16-31)27(32)22-10-20(6-5-9-33-4)12-28-26(22)36-25(18)15-29(3)14-21-7-8-23-24(11-21)35-17-34-23/h7-8,10-12,18-19,25,31H,9,13-17H2,1-4H3/t18-,19-,25+/m1/s1. The van der Waals surface area contributed by atoms with Crippen molar-refractivity contribution in [3.05, 3.63) is 47.2 Å². The Kier molecular flexibility index (Phi) is 8.31. The zero-order chi connectivity index (χ0) is 25.7. The summed E-state index contributed by atoms with van der Waals surface area (Å²) in [5, 5.41) is 9.84. The lowest BCUT2D eigenvalue weighted by atomic mass is 9.99. The van der Waals surface area contributed by atoms with Crippen LogP contribution >= 0.6 is 0 Å². The van der Waals surface area contributed by atoms with Gasteiger partial charge in [0.2, 0.25) is 12.7 Å². The van der Waals surface area contributed by atoms with Crippen LogP contribution in [0.5, 0.6) is 17.4 Å². The maximum atomic E-state index is 13.5. The zero-order valence-corrected chi connectivity index (χ0v) is 21.2. The molecule has 0 spiro atoms. The Bertz CT molecular complexity index is 1140. The summed E-state index contributed by atoms with van der Waals surface area (Å²) in [5.41, 5.74) is 2.04. The number of fused-ring (bicyclic) bond motifs is 2. The predicted molar refractivity (Wildman–Crippen MR) is 133 cm³/mol. The highest BCUT2D eigenvalue weighted by molar-refractivity contribution is 5.97. The minimum absolute atomic E-state index is 0.00160. The number of pyridine rings is 1. The highest BCUT2D eigenvalue weighted by atomic mass is 16.7. The number of benzene rings is 1. The Morgan fingerprint density at radius 3 is 2.89 bits per heavy atom. The molecule has 1 aromatic carbocycles. The highest BCUT2D eigenvalue weighted by Gasteiger charge is 2.34. The number of aliphatic hydroxyl groups excluding tert-OH is 1. The van der Waals surface area contributed by atoms with E-state index < -0.39 is 0 Å². The third-order valence-electron chi connectivity index (χ3n) is 6.35. The van der Waals surface area contributed by atoms with Gasteiger partial charge in [0.15, 0.2) is 11.5 Å². The number of amides is 1. The van der Waals surface area contributed by atoms with Crippen LogP contribution < -0.4 is 14.2 Å². The first-order valence-electron chi connectivity index (χ1n) is 12.0. The molecule has 2 aliphatic heterocycles. The van der Waals surface area contributed by atoms with Crippen LogP contribution in [0, 0.1) is 17.8 Å². The Labute approximate surface area is 211 Å². The van der Waals surface area contributed by atoms with Gasteiger partial charge < -0.3 is 29.0 Å². The van der Waals surface area contributed by atoms with E-state index in [1.54, 1.807) is 24.3 Å². The van der Waals surface area contributed by atoms with Crippen molar-refractivity contribution in [1.29, 1.82) is 0 Å². The van der Waals surface area contributed by atoms with Crippen LogP contribution in [0.1, 0.15) is 35.3 Å². The summed E-state index contributed by atoms with van der Waals surface area (Å²) in [4.78, 5) is 21.8. The number of likely N-dealkylation sites (N-methyl/N-ethyl adjacent to an activating group) is 1. The van der Waals surface area contributed by atoms with Crippen LogP contribution in [0.25, 0.3) is 0 Å². The molecule has 0 bridgehead atoms. The Balaban J connectivity index is 1.57. The second-order valence-corrected chi connectivity index (χ2v) is 9.32. The fourth-order valence-corrected chi connectivity index (χ4v) is 4.32. The molecule has 192 valence electrons. The lowest BCUT2D eigenvalue weighted by Crippen LogP contribution is -2.49. The molecule has 0 saturated heterocycles. The molecule has 0 aliphatic carbocycles. The number of hydrogen-bond acceptors (Lipinski definition) is 8. The molecule has 0 unspecified atom stereocenters. The van der Waals surface area contributed by atoms with Crippen molar-refractivity contribution in [3.8, 4) is 29.2 Å². The van der Waals surface area contributed by atoms with Gasteiger partial charge in [0.25, 0.3) is 5.91 Å². The molecule has 1 amide bonds. The monoisotopic (exact) mass is 495 g/mol. The number of carbonyl (C=O) groups is 1. The Hall–Kier alpha value is -3.32.